The summed E-state index contributed by atoms with van der Waals surface area (Å²) in [6, 6.07) is 9.56. The molecule has 2 N–H and O–H groups in total. The number of nitrogens with zero attached hydrogens (tertiary/aromatic N) is 2. The van der Waals surface area contributed by atoms with E-state index in [2.05, 4.69) is 10.4 Å². The maximum Gasteiger partial charge on any atom is 0.244 e. The first kappa shape index (κ1) is 15.0. The van der Waals surface area contributed by atoms with E-state index >= 15 is 0 Å². The minimum atomic E-state index is -1.15. The third-order valence-corrected chi connectivity index (χ3v) is 3.16. The van der Waals surface area contributed by atoms with Gasteiger partial charge >= 0.3 is 0 Å². The molecule has 2 aromatic rings. The highest BCUT2D eigenvalue weighted by Crippen LogP contribution is 2.18. The van der Waals surface area contributed by atoms with Crippen molar-refractivity contribution < 1.29 is 9.90 Å². The van der Waals surface area contributed by atoms with Gasteiger partial charge in [0.2, 0.25) is 5.91 Å². The van der Waals surface area contributed by atoms with Gasteiger partial charge < -0.3 is 10.4 Å². The average molecular weight is 285 g/mol. The number of benzene rings is 1. The second-order valence-electron chi connectivity index (χ2n) is 5.14. The zero-order chi connectivity index (χ0) is 15.3. The topological polar surface area (TPSA) is 67.2 Å². The summed E-state index contributed by atoms with van der Waals surface area (Å²) in [5, 5.41) is 17.0. The lowest BCUT2D eigenvalue weighted by Crippen LogP contribution is -2.37. The maximum atomic E-state index is 11.8. The molecule has 0 fully saturated rings. The van der Waals surface area contributed by atoms with Crippen molar-refractivity contribution in [1.29, 1.82) is 0 Å². The normalized spacial score (nSPS) is 14.0. The fraction of sp³-hybridized carbons (Fsp3) is 0.250. The third-order valence-electron chi connectivity index (χ3n) is 3.16. The van der Waals surface area contributed by atoms with Crippen LogP contribution in [0.4, 0.5) is 0 Å². The predicted octanol–water partition coefficient (Wildman–Crippen LogP) is 1.46. The van der Waals surface area contributed by atoms with E-state index in [-0.39, 0.29) is 12.5 Å². The monoisotopic (exact) mass is 285 g/mol. The van der Waals surface area contributed by atoms with Crippen LogP contribution in [0, 0.1) is 0 Å². The van der Waals surface area contributed by atoms with Crippen molar-refractivity contribution in [2.24, 2.45) is 7.05 Å². The highest BCUT2D eigenvalue weighted by molar-refractivity contribution is 5.91. The molecule has 1 aromatic heterocycles. The molecule has 1 amide bonds. The van der Waals surface area contributed by atoms with E-state index < -0.39 is 5.60 Å². The van der Waals surface area contributed by atoms with E-state index in [4.69, 9.17) is 0 Å². The zero-order valence-electron chi connectivity index (χ0n) is 12.2. The molecule has 0 aliphatic rings. The summed E-state index contributed by atoms with van der Waals surface area (Å²) in [4.78, 5) is 11.8. The number of amides is 1. The Morgan fingerprint density at radius 2 is 2.14 bits per heavy atom. The summed E-state index contributed by atoms with van der Waals surface area (Å²) in [7, 11) is 1.78. The number of rotatable bonds is 5. The second kappa shape index (κ2) is 6.37. The largest absolute Gasteiger partial charge is 0.383 e. The minimum Gasteiger partial charge on any atom is -0.383 e. The lowest BCUT2D eigenvalue weighted by Gasteiger charge is -2.21. The van der Waals surface area contributed by atoms with Crippen LogP contribution < -0.4 is 5.32 Å². The first-order valence-electron chi connectivity index (χ1n) is 6.70. The highest BCUT2D eigenvalue weighted by Gasteiger charge is 2.24. The molecule has 1 atom stereocenters. The van der Waals surface area contributed by atoms with Crippen LogP contribution in [0.1, 0.15) is 18.1 Å². The highest BCUT2D eigenvalue weighted by atomic mass is 16.3. The molecule has 1 heterocycles. The van der Waals surface area contributed by atoms with E-state index in [1.54, 1.807) is 37.1 Å². The maximum absolute atomic E-state index is 11.8. The Balaban J connectivity index is 1.90. The molecular formula is C16H19N3O2. The van der Waals surface area contributed by atoms with Gasteiger partial charge in [-0.2, -0.15) is 5.10 Å². The van der Waals surface area contributed by atoms with Crippen molar-refractivity contribution in [2.45, 2.75) is 12.5 Å². The molecule has 5 heteroatoms. The Hall–Kier alpha value is -2.40. The standard InChI is InChI=1S/C16H19N3O2/c1-16(21,14-10-18-19(2)11-14)12-17-15(20)9-8-13-6-4-3-5-7-13/h3-11,21H,12H2,1-2H3,(H,17,20). The van der Waals surface area contributed by atoms with Gasteiger partial charge in [0, 0.05) is 24.9 Å². The summed E-state index contributed by atoms with van der Waals surface area (Å²) in [6.07, 6.45) is 6.50. The Kier molecular flexibility index (Phi) is 4.55. The zero-order valence-corrected chi connectivity index (χ0v) is 12.2. The van der Waals surface area contributed by atoms with E-state index in [0.717, 1.165) is 5.56 Å². The van der Waals surface area contributed by atoms with Gasteiger partial charge in [0.15, 0.2) is 0 Å². The number of carbonyl (C=O) groups is 1. The van der Waals surface area contributed by atoms with Crippen LogP contribution in [0.3, 0.4) is 0 Å². The molecule has 0 aliphatic heterocycles. The van der Waals surface area contributed by atoms with Crippen LogP contribution in [0.15, 0.2) is 48.8 Å². The second-order valence-corrected chi connectivity index (χ2v) is 5.14. The van der Waals surface area contributed by atoms with Gasteiger partial charge in [-0.1, -0.05) is 30.3 Å². The van der Waals surface area contributed by atoms with E-state index in [9.17, 15) is 9.90 Å². The van der Waals surface area contributed by atoms with Crippen LogP contribution in [0.25, 0.3) is 6.08 Å². The minimum absolute atomic E-state index is 0.122. The molecule has 21 heavy (non-hydrogen) atoms. The van der Waals surface area contributed by atoms with Crippen LogP contribution in [0.2, 0.25) is 0 Å². The molecule has 0 saturated carbocycles. The van der Waals surface area contributed by atoms with Gasteiger partial charge in [-0.25, -0.2) is 0 Å². The van der Waals surface area contributed by atoms with Crippen molar-refractivity contribution in [3.8, 4) is 0 Å². The summed E-state index contributed by atoms with van der Waals surface area (Å²) in [5.74, 6) is -0.247. The van der Waals surface area contributed by atoms with Gasteiger partial charge in [-0.3, -0.25) is 9.48 Å². The van der Waals surface area contributed by atoms with Crippen molar-refractivity contribution in [1.82, 2.24) is 15.1 Å². The summed E-state index contributed by atoms with van der Waals surface area (Å²) >= 11 is 0. The summed E-state index contributed by atoms with van der Waals surface area (Å²) in [6.45, 7) is 1.77. The number of hydrogen-bond donors (Lipinski definition) is 2. The average Bonchev–Trinajstić information content (AvgIpc) is 2.92. The van der Waals surface area contributed by atoms with Crippen LogP contribution in [-0.2, 0) is 17.4 Å². The Morgan fingerprint density at radius 1 is 1.43 bits per heavy atom. The van der Waals surface area contributed by atoms with Crippen molar-refractivity contribution in [3.63, 3.8) is 0 Å². The predicted molar refractivity (Wildman–Crippen MR) is 81.3 cm³/mol. The Morgan fingerprint density at radius 3 is 2.76 bits per heavy atom. The fourth-order valence-electron chi connectivity index (χ4n) is 1.86. The first-order chi connectivity index (χ1) is 9.97. The number of hydrogen-bond acceptors (Lipinski definition) is 3. The van der Waals surface area contributed by atoms with Crippen molar-refractivity contribution >= 4 is 12.0 Å². The van der Waals surface area contributed by atoms with Gasteiger partial charge in [-0.15, -0.1) is 0 Å². The molecule has 2 rings (SSSR count). The molecule has 0 saturated heterocycles. The van der Waals surface area contributed by atoms with E-state index in [1.807, 2.05) is 30.3 Å². The SMILES string of the molecule is Cn1cc(C(C)(O)CNC(=O)C=Cc2ccccc2)cn1. The van der Waals surface area contributed by atoms with Crippen LogP contribution in [-0.4, -0.2) is 27.3 Å². The molecule has 1 unspecified atom stereocenters. The lowest BCUT2D eigenvalue weighted by atomic mass is 10.00. The third kappa shape index (κ3) is 4.29. The van der Waals surface area contributed by atoms with Crippen LogP contribution in [0.5, 0.6) is 0 Å². The van der Waals surface area contributed by atoms with Crippen molar-refractivity contribution in [3.05, 3.63) is 59.9 Å². The summed E-state index contributed by atoms with van der Waals surface area (Å²) < 4.78 is 1.61. The molecule has 0 radical (unpaired) electrons. The van der Waals surface area contributed by atoms with Gasteiger partial charge in [0.25, 0.3) is 0 Å². The lowest BCUT2D eigenvalue weighted by molar-refractivity contribution is -0.117. The first-order valence-corrected chi connectivity index (χ1v) is 6.70. The number of aromatic nitrogens is 2. The molecule has 1 aromatic carbocycles. The Bertz CT molecular complexity index is 630. The van der Waals surface area contributed by atoms with Gasteiger partial charge in [0.1, 0.15) is 5.60 Å². The van der Waals surface area contributed by atoms with Gasteiger partial charge in [-0.05, 0) is 18.6 Å². The molecular weight excluding hydrogens is 266 g/mol. The smallest absolute Gasteiger partial charge is 0.244 e. The molecule has 0 spiro atoms. The van der Waals surface area contributed by atoms with E-state index in [0.29, 0.717) is 5.56 Å². The quantitative estimate of drug-likeness (QED) is 0.817. The van der Waals surface area contributed by atoms with Gasteiger partial charge in [0.05, 0.1) is 12.7 Å². The number of nitrogens with one attached hydrogen (secondary N) is 1. The van der Waals surface area contributed by atoms with Crippen molar-refractivity contribution in [2.75, 3.05) is 6.54 Å². The van der Waals surface area contributed by atoms with Crippen LogP contribution >= 0.6 is 0 Å². The molecule has 0 aliphatic carbocycles. The molecule has 110 valence electrons. The number of carbonyl (C=O) groups excluding carboxylic acids is 1. The van der Waals surface area contributed by atoms with E-state index in [1.165, 1.54) is 6.08 Å². The number of aryl methyl sites for hydroxylation is 1. The fourth-order valence-corrected chi connectivity index (χ4v) is 1.86. The summed E-state index contributed by atoms with van der Waals surface area (Å²) in [5.41, 5.74) is 0.467. The molecule has 5 nitrogen and oxygen atoms in total. The Labute approximate surface area is 123 Å². The molecule has 0 bridgehead atoms. The number of aliphatic hydroxyl groups is 1.